The average molecular weight is 1190 g/mol. The Bertz CT molecular complexity index is 1740. The number of hydrogen-bond acceptors (Lipinski definition) is 4. The van der Waals surface area contributed by atoms with Gasteiger partial charge in [-0.25, -0.2) is 0 Å². The molecule has 2 atom stereocenters. The number of amides is 2. The van der Waals surface area contributed by atoms with Gasteiger partial charge in [0.15, 0.2) is 0 Å². The second kappa shape index (κ2) is 26.9. The van der Waals surface area contributed by atoms with Gasteiger partial charge in [-0.3, -0.25) is 19.6 Å². The largest absolute Gasteiger partial charge is 1.00 e. The van der Waals surface area contributed by atoms with Crippen LogP contribution in [0.2, 0.25) is 0 Å². The Morgan fingerprint density at radius 1 is 0.446 bits per heavy atom. The first-order valence-corrected chi connectivity index (χ1v) is 20.2. The second-order valence-electron chi connectivity index (χ2n) is 12.6. The zero-order valence-corrected chi connectivity index (χ0v) is 39.2. The summed E-state index contributed by atoms with van der Waals surface area (Å²) < 4.78 is 0. The fraction of sp³-hybridized carbons (Fsp3) is 0.182. The minimum Gasteiger partial charge on any atom is -1.00 e. The topological polar surface area (TPSA) is 66.4 Å². The van der Waals surface area contributed by atoms with Crippen LogP contribution in [0.15, 0.2) is 170 Å². The minimum atomic E-state index is -0.841. The number of carbonyl (C=O) groups is 2. The Kier molecular flexibility index (Phi) is 24.5. The van der Waals surface area contributed by atoms with Gasteiger partial charge in [0, 0.05) is 64.8 Å². The first-order valence-electron chi connectivity index (χ1n) is 17.3. The molecule has 0 saturated carbocycles. The van der Waals surface area contributed by atoms with Gasteiger partial charge in [0.1, 0.15) is 0 Å². The van der Waals surface area contributed by atoms with Crippen molar-refractivity contribution >= 4 is 48.9 Å². The summed E-state index contributed by atoms with van der Waals surface area (Å²) in [5, 5.41) is 4.85. The standard InChI is InChI=1S/2C22H23N2OP.2Au.2ClH/c2*1-24(2)22(25)21(17-18-11-9-10-16-23-18)26(19-12-5-3-6-13-19)20-14-7-4-8-15-20;;;;/h2*3-16,21H,17H2,1-2H3;;;2*1H/q;;2*+1;;/p-2/t2*21-;;;;/m00..../s1. The Hall–Kier alpha value is -2.96. The van der Waals surface area contributed by atoms with Crippen molar-refractivity contribution in [1.29, 1.82) is 0 Å². The van der Waals surface area contributed by atoms with Crippen LogP contribution in [-0.2, 0) is 67.2 Å². The third-order valence-corrected chi connectivity index (χ3v) is 13.9. The van der Waals surface area contributed by atoms with E-state index in [1.807, 2.05) is 137 Å². The Labute approximate surface area is 378 Å². The quantitative estimate of drug-likeness (QED) is 0.132. The van der Waals surface area contributed by atoms with E-state index >= 15 is 0 Å². The summed E-state index contributed by atoms with van der Waals surface area (Å²) in [6, 6.07) is 53.3. The predicted molar refractivity (Wildman–Crippen MR) is 219 cm³/mol. The number of halogens is 2. The molecule has 0 aliphatic rings. The monoisotopic (exact) mass is 1190 g/mol. The molecule has 0 saturated heterocycles. The average Bonchev–Trinajstić information content (AvgIpc) is 3.19. The molecule has 300 valence electrons. The summed E-state index contributed by atoms with van der Waals surface area (Å²) in [6.45, 7) is 0. The van der Waals surface area contributed by atoms with E-state index in [9.17, 15) is 9.59 Å². The molecule has 0 aliphatic carbocycles. The molecule has 6 aromatic rings. The van der Waals surface area contributed by atoms with Gasteiger partial charge in [0.25, 0.3) is 0 Å². The summed E-state index contributed by atoms with van der Waals surface area (Å²) in [5.74, 6) is 0.295. The van der Waals surface area contributed by atoms with Gasteiger partial charge in [-0.05, 0) is 61.3 Å². The van der Waals surface area contributed by atoms with Crippen molar-refractivity contribution in [3.8, 4) is 0 Å². The number of benzene rings is 4. The SMILES string of the molecule is CN(C)C(=O)[C@H](Cc1ccccn1)P(c1ccccc1)c1ccccc1.CN(C)C(=O)[C@H](Cc1ccccn1)P(c1ccccc1)c1ccccc1.[Au+].[Au+].[Cl-].[Cl-]. The molecule has 0 bridgehead atoms. The van der Waals surface area contributed by atoms with Gasteiger partial charge >= 0.3 is 44.8 Å². The molecule has 0 fully saturated rings. The van der Waals surface area contributed by atoms with Gasteiger partial charge in [0.2, 0.25) is 11.8 Å². The van der Waals surface area contributed by atoms with Gasteiger partial charge in [-0.15, -0.1) is 0 Å². The van der Waals surface area contributed by atoms with Crippen molar-refractivity contribution in [2.45, 2.75) is 24.2 Å². The van der Waals surface area contributed by atoms with Crippen LogP contribution in [-0.4, -0.2) is 71.1 Å². The maximum absolute atomic E-state index is 13.1. The summed E-state index contributed by atoms with van der Waals surface area (Å²) in [6.07, 6.45) is 4.85. The molecule has 12 heteroatoms. The maximum atomic E-state index is 13.1. The van der Waals surface area contributed by atoms with Crippen LogP contribution in [0.5, 0.6) is 0 Å². The van der Waals surface area contributed by atoms with Crippen LogP contribution in [0, 0.1) is 0 Å². The molecule has 56 heavy (non-hydrogen) atoms. The summed E-state index contributed by atoms with van der Waals surface area (Å²) in [4.78, 5) is 38.6. The van der Waals surface area contributed by atoms with Crippen LogP contribution >= 0.6 is 15.8 Å². The van der Waals surface area contributed by atoms with Crippen molar-refractivity contribution in [3.05, 3.63) is 182 Å². The second-order valence-corrected chi connectivity index (χ2v) is 17.4. The van der Waals surface area contributed by atoms with E-state index in [1.165, 1.54) is 21.2 Å². The zero-order valence-electron chi connectivity index (χ0n) is 31.6. The molecular formula is C44H46Au2Cl2N4O2P2. The van der Waals surface area contributed by atoms with Crippen molar-refractivity contribution in [1.82, 2.24) is 19.8 Å². The number of hydrogen-bond donors (Lipinski definition) is 0. The van der Waals surface area contributed by atoms with E-state index in [4.69, 9.17) is 0 Å². The summed E-state index contributed by atoms with van der Waals surface area (Å²) in [7, 11) is 5.64. The van der Waals surface area contributed by atoms with E-state index in [1.54, 1.807) is 22.2 Å². The molecule has 6 rings (SSSR count). The fourth-order valence-electron chi connectivity index (χ4n) is 5.98. The van der Waals surface area contributed by atoms with E-state index in [0.29, 0.717) is 12.8 Å². The summed E-state index contributed by atoms with van der Waals surface area (Å²) >= 11 is 0. The molecule has 0 aliphatic heterocycles. The van der Waals surface area contributed by atoms with Crippen LogP contribution in [0.1, 0.15) is 11.4 Å². The first-order chi connectivity index (χ1) is 25.3. The van der Waals surface area contributed by atoms with Crippen molar-refractivity contribution in [3.63, 3.8) is 0 Å². The number of aromatic nitrogens is 2. The third kappa shape index (κ3) is 14.8. The molecular weight excluding hydrogens is 1140 g/mol. The van der Waals surface area contributed by atoms with Gasteiger partial charge in [-0.2, -0.15) is 0 Å². The van der Waals surface area contributed by atoms with Gasteiger partial charge in [-0.1, -0.05) is 133 Å². The van der Waals surface area contributed by atoms with Crippen molar-refractivity contribution in [2.75, 3.05) is 28.2 Å². The van der Waals surface area contributed by atoms with E-state index in [2.05, 4.69) is 58.5 Å². The number of rotatable bonds is 12. The molecule has 0 radical (unpaired) electrons. The predicted octanol–water partition coefficient (Wildman–Crippen LogP) is 0.431. The van der Waals surface area contributed by atoms with Crippen LogP contribution in [0.3, 0.4) is 0 Å². The normalized spacial score (nSPS) is 11.1. The van der Waals surface area contributed by atoms with E-state index in [0.717, 1.165) is 11.4 Å². The Morgan fingerprint density at radius 2 is 0.696 bits per heavy atom. The Balaban J connectivity index is 0.000000523. The number of carbonyl (C=O) groups excluding carboxylic acids is 2. The zero-order chi connectivity index (χ0) is 36.7. The molecule has 0 unspecified atom stereocenters. The molecule has 0 N–H and O–H groups in total. The minimum absolute atomic E-state index is 0. The third-order valence-electron chi connectivity index (χ3n) is 8.47. The molecule has 2 aromatic heterocycles. The van der Waals surface area contributed by atoms with Crippen molar-refractivity contribution in [2.24, 2.45) is 0 Å². The van der Waals surface area contributed by atoms with Crippen LogP contribution in [0.4, 0.5) is 0 Å². The van der Waals surface area contributed by atoms with Crippen LogP contribution in [0.25, 0.3) is 0 Å². The molecule has 2 heterocycles. The first kappa shape index (κ1) is 51.1. The molecule has 4 aromatic carbocycles. The fourth-order valence-corrected chi connectivity index (χ4v) is 11.6. The summed E-state index contributed by atoms with van der Waals surface area (Å²) in [5.41, 5.74) is 1.60. The van der Waals surface area contributed by atoms with E-state index < -0.39 is 15.8 Å². The van der Waals surface area contributed by atoms with Gasteiger partial charge < -0.3 is 34.6 Å². The van der Waals surface area contributed by atoms with Crippen LogP contribution < -0.4 is 46.0 Å². The Morgan fingerprint density at radius 3 is 0.911 bits per heavy atom. The van der Waals surface area contributed by atoms with Gasteiger partial charge in [0.05, 0.1) is 11.3 Å². The number of pyridine rings is 2. The number of nitrogens with zero attached hydrogens (tertiary/aromatic N) is 4. The maximum Gasteiger partial charge on any atom is 1.00 e. The molecule has 6 nitrogen and oxygen atoms in total. The smallest absolute Gasteiger partial charge is 1.00 e. The molecule has 2 amide bonds. The van der Waals surface area contributed by atoms with Crippen molar-refractivity contribution < 1.29 is 79.2 Å². The van der Waals surface area contributed by atoms with E-state index in [-0.39, 0.29) is 92.7 Å². The molecule has 0 spiro atoms.